The molecule has 0 bridgehead atoms. The maximum atomic E-state index is 5.70. The number of ether oxygens (including phenoxy) is 2. The highest BCUT2D eigenvalue weighted by Crippen LogP contribution is 2.36. The molecule has 1 rings (SSSR count). The molecule has 0 aromatic heterocycles. The lowest BCUT2D eigenvalue weighted by molar-refractivity contribution is 0.289. The third-order valence-corrected chi connectivity index (χ3v) is 3.02. The van der Waals surface area contributed by atoms with E-state index in [2.05, 4.69) is 21.9 Å². The molecule has 0 fully saturated rings. The average Bonchev–Trinajstić information content (AvgIpc) is 2.36. The highest BCUT2D eigenvalue weighted by atomic mass is 79.9. The first-order valence-corrected chi connectivity index (χ1v) is 6.65. The van der Waals surface area contributed by atoms with Crippen molar-refractivity contribution in [2.45, 2.75) is 19.3 Å². The van der Waals surface area contributed by atoms with E-state index in [0.29, 0.717) is 25.3 Å². The summed E-state index contributed by atoms with van der Waals surface area (Å²) in [7, 11) is 1.63. The minimum Gasteiger partial charge on any atom is -0.493 e. The standard InChI is InChI=1S/C14H18BrNO2/c1-3-4-5-8-18-14-12(15)9-11(6-7-16)10-13(14)17-2/h1,9-10H,4-8,16H2,2H3. The van der Waals surface area contributed by atoms with Gasteiger partial charge >= 0.3 is 0 Å². The molecule has 0 unspecified atom stereocenters. The van der Waals surface area contributed by atoms with Crippen LogP contribution in [0.5, 0.6) is 11.5 Å². The monoisotopic (exact) mass is 311 g/mol. The van der Waals surface area contributed by atoms with Gasteiger partial charge in [-0.3, -0.25) is 0 Å². The first kappa shape index (κ1) is 14.9. The van der Waals surface area contributed by atoms with Gasteiger partial charge in [0.2, 0.25) is 0 Å². The molecule has 0 saturated heterocycles. The van der Waals surface area contributed by atoms with Crippen LogP contribution in [0.2, 0.25) is 0 Å². The molecule has 4 heteroatoms. The zero-order valence-corrected chi connectivity index (χ0v) is 12.1. The Labute approximate surface area is 117 Å². The lowest BCUT2D eigenvalue weighted by atomic mass is 10.1. The highest BCUT2D eigenvalue weighted by Gasteiger charge is 2.11. The van der Waals surface area contributed by atoms with Gasteiger partial charge in [0.05, 0.1) is 18.2 Å². The minimum atomic E-state index is 0.579. The van der Waals surface area contributed by atoms with Crippen LogP contribution in [0.1, 0.15) is 18.4 Å². The topological polar surface area (TPSA) is 44.5 Å². The highest BCUT2D eigenvalue weighted by molar-refractivity contribution is 9.10. The number of terminal acetylenes is 1. The summed E-state index contributed by atoms with van der Waals surface area (Å²) in [6.45, 7) is 1.19. The molecule has 0 amide bonds. The van der Waals surface area contributed by atoms with Gasteiger partial charge in [0.1, 0.15) is 0 Å². The third kappa shape index (κ3) is 4.25. The zero-order chi connectivity index (χ0) is 13.4. The van der Waals surface area contributed by atoms with E-state index < -0.39 is 0 Å². The summed E-state index contributed by atoms with van der Waals surface area (Å²) in [5, 5.41) is 0. The summed E-state index contributed by atoms with van der Waals surface area (Å²) in [6, 6.07) is 3.96. The maximum Gasteiger partial charge on any atom is 0.175 e. The average molecular weight is 312 g/mol. The van der Waals surface area contributed by atoms with E-state index in [9.17, 15) is 0 Å². The number of rotatable bonds is 7. The maximum absolute atomic E-state index is 5.70. The zero-order valence-electron chi connectivity index (χ0n) is 10.5. The van der Waals surface area contributed by atoms with Gasteiger partial charge in [-0.05, 0) is 53.0 Å². The molecule has 0 spiro atoms. The Morgan fingerprint density at radius 3 is 2.83 bits per heavy atom. The Bertz CT molecular complexity index is 427. The van der Waals surface area contributed by atoms with Crippen LogP contribution in [-0.4, -0.2) is 20.3 Å². The van der Waals surface area contributed by atoms with Crippen molar-refractivity contribution in [3.8, 4) is 23.8 Å². The van der Waals surface area contributed by atoms with Crippen LogP contribution >= 0.6 is 15.9 Å². The first-order valence-electron chi connectivity index (χ1n) is 5.85. The molecular weight excluding hydrogens is 294 g/mol. The van der Waals surface area contributed by atoms with E-state index in [-0.39, 0.29) is 0 Å². The van der Waals surface area contributed by atoms with Crippen molar-refractivity contribution < 1.29 is 9.47 Å². The second-order valence-electron chi connectivity index (χ2n) is 3.80. The fourth-order valence-electron chi connectivity index (χ4n) is 1.57. The van der Waals surface area contributed by atoms with Crippen molar-refractivity contribution in [2.24, 2.45) is 5.73 Å². The number of unbranched alkanes of at least 4 members (excludes halogenated alkanes) is 1. The normalized spacial score (nSPS) is 9.89. The molecule has 3 nitrogen and oxygen atoms in total. The van der Waals surface area contributed by atoms with E-state index in [4.69, 9.17) is 21.6 Å². The molecule has 98 valence electrons. The van der Waals surface area contributed by atoms with Crippen LogP contribution in [0.15, 0.2) is 16.6 Å². The molecule has 1 aromatic rings. The predicted molar refractivity (Wildman–Crippen MR) is 77.0 cm³/mol. The van der Waals surface area contributed by atoms with Gasteiger partial charge in [-0.2, -0.15) is 0 Å². The Hall–Kier alpha value is -1.18. The summed E-state index contributed by atoms with van der Waals surface area (Å²) < 4.78 is 11.9. The summed E-state index contributed by atoms with van der Waals surface area (Å²) in [5.41, 5.74) is 6.67. The van der Waals surface area contributed by atoms with E-state index in [1.165, 1.54) is 0 Å². The Balaban J connectivity index is 2.80. The van der Waals surface area contributed by atoms with Gasteiger partial charge in [0, 0.05) is 6.42 Å². The smallest absolute Gasteiger partial charge is 0.175 e. The number of benzene rings is 1. The van der Waals surface area contributed by atoms with Crippen molar-refractivity contribution in [1.82, 2.24) is 0 Å². The molecule has 0 radical (unpaired) electrons. The number of halogens is 1. The second-order valence-corrected chi connectivity index (χ2v) is 4.66. The fourth-order valence-corrected chi connectivity index (χ4v) is 2.18. The molecule has 0 heterocycles. The van der Waals surface area contributed by atoms with Gasteiger partial charge in [-0.15, -0.1) is 12.3 Å². The Kier molecular flexibility index (Phi) is 6.63. The largest absolute Gasteiger partial charge is 0.493 e. The summed E-state index contributed by atoms with van der Waals surface area (Å²) in [4.78, 5) is 0. The van der Waals surface area contributed by atoms with Crippen LogP contribution in [0, 0.1) is 12.3 Å². The molecule has 1 aromatic carbocycles. The molecule has 0 atom stereocenters. The first-order chi connectivity index (χ1) is 8.72. The predicted octanol–water partition coefficient (Wildman–Crippen LogP) is 2.75. The second kappa shape index (κ2) is 8.02. The van der Waals surface area contributed by atoms with Crippen LogP contribution in [0.3, 0.4) is 0 Å². The fraction of sp³-hybridized carbons (Fsp3) is 0.429. The Morgan fingerprint density at radius 2 is 2.22 bits per heavy atom. The van der Waals surface area contributed by atoms with Crippen LogP contribution in [0.25, 0.3) is 0 Å². The molecule has 0 aliphatic carbocycles. The summed E-state index contributed by atoms with van der Waals surface area (Å²) in [5.74, 6) is 4.02. The molecule has 2 N–H and O–H groups in total. The van der Waals surface area contributed by atoms with Gasteiger partial charge in [0.15, 0.2) is 11.5 Å². The lowest BCUT2D eigenvalue weighted by Crippen LogP contribution is -2.04. The van der Waals surface area contributed by atoms with Crippen LogP contribution in [0.4, 0.5) is 0 Å². The molecule has 0 aliphatic heterocycles. The van der Waals surface area contributed by atoms with Gasteiger partial charge < -0.3 is 15.2 Å². The number of hydrogen-bond donors (Lipinski definition) is 1. The molecule has 18 heavy (non-hydrogen) atoms. The molecule has 0 aliphatic rings. The van der Waals surface area contributed by atoms with Crippen molar-refractivity contribution in [3.05, 3.63) is 22.2 Å². The number of methoxy groups -OCH3 is 1. The van der Waals surface area contributed by atoms with E-state index in [1.54, 1.807) is 7.11 Å². The quantitative estimate of drug-likeness (QED) is 0.622. The minimum absolute atomic E-state index is 0.579. The van der Waals surface area contributed by atoms with Gasteiger partial charge in [0.25, 0.3) is 0 Å². The Morgan fingerprint density at radius 1 is 1.44 bits per heavy atom. The van der Waals surface area contributed by atoms with E-state index >= 15 is 0 Å². The van der Waals surface area contributed by atoms with Crippen molar-refractivity contribution in [1.29, 1.82) is 0 Å². The van der Waals surface area contributed by atoms with Gasteiger partial charge in [-0.1, -0.05) is 0 Å². The lowest BCUT2D eigenvalue weighted by Gasteiger charge is -2.14. The number of nitrogens with two attached hydrogens (primary N) is 1. The third-order valence-electron chi connectivity index (χ3n) is 2.43. The number of hydrogen-bond acceptors (Lipinski definition) is 3. The molecule has 0 saturated carbocycles. The summed E-state index contributed by atoms with van der Waals surface area (Å²) in [6.07, 6.45) is 7.55. The summed E-state index contributed by atoms with van der Waals surface area (Å²) >= 11 is 3.49. The van der Waals surface area contributed by atoms with Crippen LogP contribution < -0.4 is 15.2 Å². The van der Waals surface area contributed by atoms with E-state index in [1.807, 2.05) is 12.1 Å². The SMILES string of the molecule is C#CCCCOc1c(Br)cc(CCN)cc1OC. The van der Waals surface area contributed by atoms with Crippen LogP contribution in [-0.2, 0) is 6.42 Å². The molecular formula is C14H18BrNO2. The van der Waals surface area contributed by atoms with Crippen molar-refractivity contribution in [2.75, 3.05) is 20.3 Å². The van der Waals surface area contributed by atoms with E-state index in [0.717, 1.165) is 28.6 Å². The van der Waals surface area contributed by atoms with Crippen molar-refractivity contribution >= 4 is 15.9 Å². The van der Waals surface area contributed by atoms with Crippen molar-refractivity contribution in [3.63, 3.8) is 0 Å². The van der Waals surface area contributed by atoms with Gasteiger partial charge in [-0.25, -0.2) is 0 Å².